The molecule has 9 heteroatoms. The molecule has 2 fully saturated rings. The van der Waals surface area contributed by atoms with Gasteiger partial charge in [0, 0.05) is 6.04 Å². The Labute approximate surface area is 164 Å². The monoisotopic (exact) mass is 420 g/mol. The van der Waals surface area contributed by atoms with Crippen LogP contribution in [0.25, 0.3) is 0 Å². The summed E-state index contributed by atoms with van der Waals surface area (Å²) in [6, 6.07) is 3.46. The first kappa shape index (κ1) is 20.1. The minimum Gasteiger partial charge on any atom is -0.348 e. The van der Waals surface area contributed by atoms with Crippen LogP contribution in [-0.4, -0.2) is 57.4 Å². The predicted octanol–water partition coefficient (Wildman–Crippen LogP) is 0.986. The average molecular weight is 421 g/mol. The summed E-state index contributed by atoms with van der Waals surface area (Å²) >= 11 is 6.95. The van der Waals surface area contributed by atoms with Crippen LogP contribution in [0.1, 0.15) is 32.6 Å². The van der Waals surface area contributed by atoms with Crippen LogP contribution < -0.4 is 10.2 Å². The number of hydrogen-bond donors (Lipinski definition) is 2. The average Bonchev–Trinajstić information content (AvgIpc) is 3.05. The molecular weight excluding hydrogens is 394 g/mol. The number of nitrogens with zero attached hydrogens (tertiary/aromatic N) is 1. The van der Waals surface area contributed by atoms with Crippen molar-refractivity contribution in [2.75, 3.05) is 32.7 Å². The minimum atomic E-state index is -3.47. The highest BCUT2D eigenvalue weighted by Crippen LogP contribution is 2.28. The van der Waals surface area contributed by atoms with Crippen molar-refractivity contribution in [3.8, 4) is 0 Å². The molecule has 1 amide bonds. The Kier molecular flexibility index (Phi) is 6.61. The lowest BCUT2D eigenvalue weighted by Gasteiger charge is -2.32. The number of rotatable bonds is 5. The molecule has 0 unspecified atom stereocenters. The number of halogens is 1. The number of piperazine rings is 1. The van der Waals surface area contributed by atoms with Gasteiger partial charge in [0.1, 0.15) is 4.21 Å². The number of amides is 1. The van der Waals surface area contributed by atoms with Gasteiger partial charge in [-0.1, -0.05) is 31.4 Å². The zero-order valence-electron chi connectivity index (χ0n) is 15.0. The Balaban J connectivity index is 1.48. The Bertz CT molecular complexity index is 729. The highest BCUT2D eigenvalue weighted by molar-refractivity contribution is 7.91. The summed E-state index contributed by atoms with van der Waals surface area (Å²) in [5.41, 5.74) is 0. The molecule has 146 valence electrons. The molecule has 26 heavy (non-hydrogen) atoms. The van der Waals surface area contributed by atoms with Crippen LogP contribution in [0.4, 0.5) is 0 Å². The van der Waals surface area contributed by atoms with E-state index in [0.29, 0.717) is 49.0 Å². The van der Waals surface area contributed by atoms with Gasteiger partial charge < -0.3 is 10.2 Å². The Morgan fingerprint density at radius 2 is 2.00 bits per heavy atom. The number of sulfonamides is 1. The third-order valence-electron chi connectivity index (χ3n) is 5.44. The summed E-state index contributed by atoms with van der Waals surface area (Å²) in [6.45, 7) is 4.78. The fraction of sp³-hybridized carbons (Fsp3) is 0.706. The summed E-state index contributed by atoms with van der Waals surface area (Å²) < 4.78 is 27.5. The van der Waals surface area contributed by atoms with Gasteiger partial charge in [-0.05, 0) is 30.9 Å². The molecule has 0 radical (unpaired) electrons. The zero-order valence-corrected chi connectivity index (χ0v) is 17.4. The largest absolute Gasteiger partial charge is 0.348 e. The second kappa shape index (κ2) is 8.56. The van der Waals surface area contributed by atoms with E-state index in [1.165, 1.54) is 23.6 Å². The molecule has 0 spiro atoms. The predicted molar refractivity (Wildman–Crippen MR) is 103 cm³/mol. The summed E-state index contributed by atoms with van der Waals surface area (Å²) in [6.07, 6.45) is 4.69. The van der Waals surface area contributed by atoms with Crippen LogP contribution in [-0.2, 0) is 14.8 Å². The van der Waals surface area contributed by atoms with Crippen molar-refractivity contribution in [2.24, 2.45) is 5.92 Å². The van der Waals surface area contributed by atoms with Gasteiger partial charge in [0.2, 0.25) is 0 Å². The highest BCUT2D eigenvalue weighted by Gasteiger charge is 2.32. The summed E-state index contributed by atoms with van der Waals surface area (Å²) in [4.78, 5) is 13.5. The minimum absolute atomic E-state index is 0.0834. The number of carbonyl (C=O) groups is 1. The molecule has 0 aromatic carbocycles. The second-order valence-electron chi connectivity index (χ2n) is 7.33. The van der Waals surface area contributed by atoms with E-state index >= 15 is 0 Å². The second-order valence-corrected chi connectivity index (χ2v) is 11.2. The maximum absolute atomic E-state index is 12.6. The van der Waals surface area contributed by atoms with Crippen molar-refractivity contribution in [3.05, 3.63) is 16.5 Å². The number of quaternary nitrogens is 1. The maximum atomic E-state index is 12.6. The van der Waals surface area contributed by atoms with Crippen LogP contribution >= 0.6 is 22.9 Å². The molecule has 2 atom stereocenters. The lowest BCUT2D eigenvalue weighted by atomic mass is 9.86. The molecule has 1 aliphatic heterocycles. The van der Waals surface area contributed by atoms with Gasteiger partial charge in [0.05, 0.1) is 30.5 Å². The smallest absolute Gasteiger partial charge is 0.275 e. The van der Waals surface area contributed by atoms with E-state index in [0.717, 1.165) is 22.7 Å². The molecule has 1 saturated heterocycles. The van der Waals surface area contributed by atoms with Crippen LogP contribution in [0.2, 0.25) is 4.34 Å². The van der Waals surface area contributed by atoms with Crippen molar-refractivity contribution in [1.29, 1.82) is 0 Å². The van der Waals surface area contributed by atoms with Crippen LogP contribution in [0.5, 0.6) is 0 Å². The van der Waals surface area contributed by atoms with E-state index in [1.54, 1.807) is 12.1 Å². The lowest BCUT2D eigenvalue weighted by molar-refractivity contribution is -0.895. The van der Waals surface area contributed by atoms with Gasteiger partial charge >= 0.3 is 0 Å². The topological polar surface area (TPSA) is 70.9 Å². The van der Waals surface area contributed by atoms with Gasteiger partial charge in [-0.15, -0.1) is 11.3 Å². The van der Waals surface area contributed by atoms with E-state index in [2.05, 4.69) is 12.2 Å². The first-order chi connectivity index (χ1) is 12.4. The van der Waals surface area contributed by atoms with E-state index in [1.807, 2.05) is 0 Å². The zero-order chi connectivity index (χ0) is 18.7. The first-order valence-corrected chi connectivity index (χ1v) is 11.9. The molecule has 1 saturated carbocycles. The van der Waals surface area contributed by atoms with E-state index in [4.69, 9.17) is 11.6 Å². The molecule has 2 heterocycles. The summed E-state index contributed by atoms with van der Waals surface area (Å²) in [5.74, 6) is 0.627. The molecule has 2 aliphatic rings. The Morgan fingerprint density at radius 3 is 2.62 bits per heavy atom. The molecule has 1 aliphatic carbocycles. The van der Waals surface area contributed by atoms with E-state index in [-0.39, 0.29) is 10.1 Å². The number of thiophene rings is 1. The van der Waals surface area contributed by atoms with Crippen molar-refractivity contribution in [1.82, 2.24) is 9.62 Å². The van der Waals surface area contributed by atoms with Crippen molar-refractivity contribution >= 4 is 38.9 Å². The number of hydrogen-bond acceptors (Lipinski definition) is 4. The molecule has 0 bridgehead atoms. The van der Waals surface area contributed by atoms with Crippen molar-refractivity contribution in [3.63, 3.8) is 0 Å². The standard InChI is InChI=1S/C17H26ClN3O3S2/c1-13-4-2-3-5-14(13)19-16(22)12-20-8-10-21(11-9-20)26(23,24)17-7-6-15(18)25-17/h6-7,13-14H,2-5,8-12H2,1H3,(H,19,22)/p+1/t13-,14+/m0/s1. The normalized spacial score (nSPS) is 25.9. The quantitative estimate of drug-likeness (QED) is 0.746. The van der Waals surface area contributed by atoms with Crippen molar-refractivity contribution in [2.45, 2.75) is 42.9 Å². The third kappa shape index (κ3) is 4.78. The number of nitrogens with one attached hydrogen (secondary N) is 2. The SMILES string of the molecule is C[C@H]1CCCC[C@H]1NC(=O)C[NH+]1CCN(S(=O)(=O)c2ccc(Cl)s2)CC1. The van der Waals surface area contributed by atoms with Gasteiger partial charge in [0.15, 0.2) is 6.54 Å². The van der Waals surface area contributed by atoms with E-state index < -0.39 is 10.0 Å². The Hall–Kier alpha value is -0.670. The molecule has 1 aromatic rings. The summed E-state index contributed by atoms with van der Waals surface area (Å²) in [5, 5.41) is 3.18. The number of carbonyl (C=O) groups excluding carboxylic acids is 1. The highest BCUT2D eigenvalue weighted by atomic mass is 35.5. The van der Waals surface area contributed by atoms with Crippen molar-refractivity contribution < 1.29 is 18.1 Å². The summed E-state index contributed by atoms with van der Waals surface area (Å²) in [7, 11) is -3.47. The van der Waals surface area contributed by atoms with Crippen LogP contribution in [0.15, 0.2) is 16.3 Å². The molecule has 3 rings (SSSR count). The van der Waals surface area contributed by atoms with Crippen LogP contribution in [0.3, 0.4) is 0 Å². The van der Waals surface area contributed by atoms with Gasteiger partial charge in [-0.3, -0.25) is 4.79 Å². The fourth-order valence-electron chi connectivity index (χ4n) is 3.80. The Morgan fingerprint density at radius 1 is 1.31 bits per heavy atom. The van der Waals surface area contributed by atoms with Gasteiger partial charge in [0.25, 0.3) is 15.9 Å². The fourth-order valence-corrected chi connectivity index (χ4v) is 6.88. The molecule has 1 aromatic heterocycles. The van der Waals surface area contributed by atoms with Gasteiger partial charge in [-0.2, -0.15) is 4.31 Å². The van der Waals surface area contributed by atoms with E-state index in [9.17, 15) is 13.2 Å². The van der Waals surface area contributed by atoms with Crippen LogP contribution in [0, 0.1) is 5.92 Å². The first-order valence-electron chi connectivity index (χ1n) is 9.24. The molecular formula is C17H27ClN3O3S2+. The molecule has 6 nitrogen and oxygen atoms in total. The molecule has 2 N–H and O–H groups in total. The maximum Gasteiger partial charge on any atom is 0.275 e. The third-order valence-corrected chi connectivity index (χ3v) is 9.04. The van der Waals surface area contributed by atoms with Gasteiger partial charge in [-0.25, -0.2) is 8.42 Å². The lowest BCUT2D eigenvalue weighted by Crippen LogP contribution is -3.15.